The van der Waals surface area contributed by atoms with Crippen LogP contribution in [0.5, 0.6) is 0 Å². The lowest BCUT2D eigenvalue weighted by Crippen LogP contribution is -2.23. The van der Waals surface area contributed by atoms with Gasteiger partial charge in [0.1, 0.15) is 5.82 Å². The summed E-state index contributed by atoms with van der Waals surface area (Å²) in [7, 11) is -1.10. The van der Waals surface area contributed by atoms with Gasteiger partial charge in [-0.15, -0.1) is 0 Å². The van der Waals surface area contributed by atoms with E-state index in [1.165, 1.54) is 0 Å². The number of halogens is 4. The number of hydrogen-bond acceptors (Lipinski definition) is 1. The maximum atomic E-state index is 15.1. The van der Waals surface area contributed by atoms with E-state index in [1.54, 1.807) is 10.8 Å². The molecule has 220 valence electrons. The third-order valence-corrected chi connectivity index (χ3v) is 10.2. The number of fused-ring (bicyclic) bond motifs is 1. The quantitative estimate of drug-likeness (QED) is 0.0758. The average Bonchev–Trinajstić information content (AvgIpc) is 3.50. The molecule has 0 spiro atoms. The van der Waals surface area contributed by atoms with Crippen molar-refractivity contribution in [2.24, 2.45) is 0 Å². The van der Waals surface area contributed by atoms with E-state index in [0.29, 0.717) is 17.6 Å². The molecule has 0 N–H and O–H groups in total. The van der Waals surface area contributed by atoms with Crippen LogP contribution in [0.1, 0.15) is 5.56 Å². The molecule has 0 aliphatic rings. The summed E-state index contributed by atoms with van der Waals surface area (Å²) in [6, 6.07) is 42.9. The third kappa shape index (κ3) is 5.43. The van der Waals surface area contributed by atoms with Crippen LogP contribution in [-0.4, -0.2) is 9.55 Å². The Labute approximate surface area is 259 Å². The fourth-order valence-corrected chi connectivity index (χ4v) is 8.13. The van der Waals surface area contributed by atoms with E-state index in [-0.39, 0.29) is 12.1 Å². The van der Waals surface area contributed by atoms with Crippen molar-refractivity contribution in [3.05, 3.63) is 168 Å². The van der Waals surface area contributed by atoms with Gasteiger partial charge in [0.15, 0.2) is 23.3 Å². The highest BCUT2D eigenvalue weighted by Gasteiger charge is 2.26. The van der Waals surface area contributed by atoms with Crippen molar-refractivity contribution < 1.29 is 17.6 Å². The van der Waals surface area contributed by atoms with Gasteiger partial charge < -0.3 is 4.57 Å². The van der Waals surface area contributed by atoms with Gasteiger partial charge in [0.2, 0.25) is 0 Å². The van der Waals surface area contributed by atoms with Gasteiger partial charge in [-0.05, 0) is 40.7 Å². The Morgan fingerprint density at radius 2 is 1.20 bits per heavy atom. The molecule has 6 aromatic carbocycles. The normalized spacial score (nSPS) is 11.4. The van der Waals surface area contributed by atoms with Gasteiger partial charge in [0, 0.05) is 22.9 Å². The van der Waals surface area contributed by atoms with Crippen LogP contribution in [0.2, 0.25) is 0 Å². The summed E-state index contributed by atoms with van der Waals surface area (Å²) in [5.41, 5.74) is 1.94. The first kappa shape index (κ1) is 28.7. The average molecular weight is 617 g/mol. The molecule has 0 unspecified atom stereocenters. The number of benzene rings is 6. The predicted octanol–water partition coefficient (Wildman–Crippen LogP) is 8.73. The van der Waals surface area contributed by atoms with Crippen molar-refractivity contribution >= 4 is 34.6 Å². The Morgan fingerprint density at radius 3 is 1.87 bits per heavy atom. The zero-order valence-corrected chi connectivity index (χ0v) is 24.7. The Balaban J connectivity index is 1.53. The summed E-state index contributed by atoms with van der Waals surface area (Å²) in [6.07, 6.45) is 1.75. The molecule has 0 saturated heterocycles. The molecule has 1 heterocycles. The van der Waals surface area contributed by atoms with Gasteiger partial charge in [-0.2, -0.15) is 0 Å². The molecule has 0 amide bonds. The number of aromatic nitrogens is 2. The number of rotatable bonds is 7. The molecule has 1 aromatic heterocycles. The van der Waals surface area contributed by atoms with E-state index in [0.717, 1.165) is 37.8 Å². The molecule has 0 saturated carbocycles. The van der Waals surface area contributed by atoms with Crippen LogP contribution in [0.25, 0.3) is 33.4 Å². The lowest BCUT2D eigenvalue weighted by Gasteiger charge is -2.24. The number of nitrogens with zero attached hydrogens (tertiary/aromatic N) is 2. The van der Waals surface area contributed by atoms with Gasteiger partial charge in [0.05, 0.1) is 12.2 Å². The van der Waals surface area contributed by atoms with Gasteiger partial charge >= 0.3 is 0 Å². The first-order valence-electron chi connectivity index (χ1n) is 14.4. The van der Waals surface area contributed by atoms with Crippen molar-refractivity contribution in [3.63, 3.8) is 0 Å². The number of hydrogen-bond donors (Lipinski definition) is 0. The molecule has 0 aliphatic carbocycles. The van der Waals surface area contributed by atoms with E-state index >= 15 is 4.39 Å². The Bertz CT molecular complexity index is 2090. The third-order valence-electron chi connectivity index (χ3n) is 7.77. The summed E-state index contributed by atoms with van der Waals surface area (Å²) in [4.78, 5) is 5.11. The van der Waals surface area contributed by atoms with E-state index in [4.69, 9.17) is 4.98 Å². The van der Waals surface area contributed by atoms with E-state index in [9.17, 15) is 13.2 Å². The summed E-state index contributed by atoms with van der Waals surface area (Å²) < 4.78 is 59.5. The summed E-state index contributed by atoms with van der Waals surface area (Å²) in [6.45, 7) is -0.271. The van der Waals surface area contributed by atoms with Crippen molar-refractivity contribution in [3.8, 4) is 22.6 Å². The monoisotopic (exact) mass is 616 g/mol. The molecule has 7 rings (SSSR count). The lowest BCUT2D eigenvalue weighted by molar-refractivity contribution is 0.402. The molecule has 0 aliphatic heterocycles. The lowest BCUT2D eigenvalue weighted by atomic mass is 10.0. The molecule has 0 fully saturated rings. The van der Waals surface area contributed by atoms with Gasteiger partial charge in [-0.25, -0.2) is 22.5 Å². The summed E-state index contributed by atoms with van der Waals surface area (Å²) in [5.74, 6) is -6.04. The minimum Gasteiger partial charge on any atom is -0.326 e. The predicted molar refractivity (Wildman–Crippen MR) is 175 cm³/mol. The minimum absolute atomic E-state index is 0.271. The summed E-state index contributed by atoms with van der Waals surface area (Å²) >= 11 is 0. The second kappa shape index (κ2) is 12.1. The van der Waals surface area contributed by atoms with Crippen LogP contribution in [0.15, 0.2) is 140 Å². The SMILES string of the molecule is Fc1cc(Cn2cc(-c3ccccc3)nc2-c2c(P(c3ccccc3)c3ccccc3)ccc3ccccc23)c(F)c(F)c1F. The second-order valence-corrected chi connectivity index (χ2v) is 12.8. The van der Waals surface area contributed by atoms with E-state index in [2.05, 4.69) is 36.4 Å². The fourth-order valence-electron chi connectivity index (χ4n) is 5.67. The minimum atomic E-state index is -1.84. The highest BCUT2D eigenvalue weighted by Crippen LogP contribution is 2.40. The molecule has 7 heteroatoms. The molecule has 7 aromatic rings. The van der Waals surface area contributed by atoms with Crippen molar-refractivity contribution in [2.75, 3.05) is 0 Å². The smallest absolute Gasteiger partial charge is 0.197 e. The van der Waals surface area contributed by atoms with E-state index in [1.807, 2.05) is 91.0 Å². The van der Waals surface area contributed by atoms with Crippen LogP contribution in [0.3, 0.4) is 0 Å². The topological polar surface area (TPSA) is 17.8 Å². The molecule has 45 heavy (non-hydrogen) atoms. The van der Waals surface area contributed by atoms with Gasteiger partial charge in [-0.1, -0.05) is 127 Å². The summed E-state index contributed by atoms with van der Waals surface area (Å²) in [5, 5.41) is 5.19. The molecular weight excluding hydrogens is 591 g/mol. The maximum Gasteiger partial charge on any atom is 0.197 e. The van der Waals surface area contributed by atoms with Crippen molar-refractivity contribution in [2.45, 2.75) is 6.54 Å². The molecule has 0 radical (unpaired) electrons. The van der Waals surface area contributed by atoms with Gasteiger partial charge in [0.25, 0.3) is 0 Å². The number of imidazole rings is 1. The Morgan fingerprint density at radius 1 is 0.600 bits per heavy atom. The highest BCUT2D eigenvalue weighted by molar-refractivity contribution is 7.80. The standard InChI is InChI=1S/C38H25F4N2P/c39-31-22-27(35(40)37(42)36(31)41)23-44-24-32(26-13-4-1-5-14-26)43-38(44)34-30-19-11-10-12-25(30)20-21-33(34)45(28-15-6-2-7-16-28)29-17-8-3-9-18-29/h1-22,24H,23H2. The van der Waals surface area contributed by atoms with Crippen molar-refractivity contribution in [1.82, 2.24) is 9.55 Å². The fraction of sp³-hybridized carbons (Fsp3) is 0.0263. The van der Waals surface area contributed by atoms with Crippen LogP contribution < -0.4 is 15.9 Å². The first-order chi connectivity index (χ1) is 22.0. The molecule has 2 nitrogen and oxygen atoms in total. The second-order valence-electron chi connectivity index (χ2n) is 10.6. The Kier molecular flexibility index (Phi) is 7.74. The molecule has 0 bridgehead atoms. The maximum absolute atomic E-state index is 15.1. The van der Waals surface area contributed by atoms with Crippen LogP contribution >= 0.6 is 7.92 Å². The van der Waals surface area contributed by atoms with E-state index < -0.39 is 31.2 Å². The zero-order valence-electron chi connectivity index (χ0n) is 23.8. The Hall–Kier alpha value is -5.06. The largest absolute Gasteiger partial charge is 0.326 e. The van der Waals surface area contributed by atoms with Crippen LogP contribution in [0, 0.1) is 23.3 Å². The van der Waals surface area contributed by atoms with Crippen molar-refractivity contribution in [1.29, 1.82) is 0 Å². The van der Waals surface area contributed by atoms with Gasteiger partial charge in [-0.3, -0.25) is 0 Å². The zero-order chi connectivity index (χ0) is 30.9. The first-order valence-corrected chi connectivity index (χ1v) is 15.7. The highest BCUT2D eigenvalue weighted by atomic mass is 31.1. The van der Waals surface area contributed by atoms with Crippen LogP contribution in [0.4, 0.5) is 17.6 Å². The van der Waals surface area contributed by atoms with Crippen LogP contribution in [-0.2, 0) is 6.54 Å². The molecule has 0 atom stereocenters. The molecular formula is C38H25F4N2P.